The molecule has 0 amide bonds. The maximum atomic E-state index is 12.2. The largest absolute Gasteiger partial charge is 0.488 e. The molecule has 0 unspecified atom stereocenters. The zero-order valence-electron chi connectivity index (χ0n) is 16.3. The highest BCUT2D eigenvalue weighted by atomic mass is 16.5. The third-order valence-electron chi connectivity index (χ3n) is 4.70. The van der Waals surface area contributed by atoms with Gasteiger partial charge in [-0.15, -0.1) is 0 Å². The van der Waals surface area contributed by atoms with Gasteiger partial charge in [0.25, 0.3) is 0 Å². The molecule has 1 aromatic carbocycles. The van der Waals surface area contributed by atoms with E-state index >= 15 is 0 Å². The van der Waals surface area contributed by atoms with Crippen LogP contribution in [0.4, 0.5) is 0 Å². The van der Waals surface area contributed by atoms with Crippen molar-refractivity contribution >= 4 is 5.97 Å². The van der Waals surface area contributed by atoms with E-state index in [1.54, 1.807) is 0 Å². The van der Waals surface area contributed by atoms with Crippen molar-refractivity contribution in [1.29, 1.82) is 0 Å². The molecule has 0 radical (unpaired) electrons. The second-order valence-corrected chi connectivity index (χ2v) is 8.13. The topological polar surface area (TPSA) is 35.5 Å². The van der Waals surface area contributed by atoms with Gasteiger partial charge in [0.1, 0.15) is 17.5 Å². The van der Waals surface area contributed by atoms with Gasteiger partial charge in [0.2, 0.25) is 0 Å². The fourth-order valence-corrected chi connectivity index (χ4v) is 3.55. The van der Waals surface area contributed by atoms with Crippen LogP contribution in [0.25, 0.3) is 0 Å². The lowest BCUT2D eigenvalue weighted by molar-refractivity contribution is -0.151. The molecule has 1 aromatic rings. The standard InChI is InChI=1S/C22H34O3/c1-5-6-7-16-21(23)24-19-14-10-8-12-17(19)18-13-9-11-15-20(18)25-22(2,3)4/h9,11,13,15,17,19H,5-8,10,12,14,16H2,1-4H3/t17-,19+/m0/s1. The molecule has 0 heterocycles. The molecular weight excluding hydrogens is 312 g/mol. The predicted octanol–water partition coefficient (Wildman–Crippen LogP) is 6.01. The Kier molecular flexibility index (Phi) is 7.34. The average Bonchev–Trinajstić information content (AvgIpc) is 2.55. The summed E-state index contributed by atoms with van der Waals surface area (Å²) in [6.45, 7) is 8.34. The summed E-state index contributed by atoms with van der Waals surface area (Å²) in [6.07, 6.45) is 7.97. The van der Waals surface area contributed by atoms with Crippen LogP contribution in [-0.4, -0.2) is 17.7 Å². The number of hydrogen-bond acceptors (Lipinski definition) is 3. The number of para-hydroxylation sites is 1. The van der Waals surface area contributed by atoms with Crippen molar-refractivity contribution in [2.45, 2.75) is 96.7 Å². The van der Waals surface area contributed by atoms with E-state index in [1.165, 1.54) is 12.0 Å². The quantitative estimate of drug-likeness (QED) is 0.448. The average molecular weight is 347 g/mol. The Balaban J connectivity index is 2.11. The van der Waals surface area contributed by atoms with Crippen molar-refractivity contribution < 1.29 is 14.3 Å². The summed E-state index contributed by atoms with van der Waals surface area (Å²) in [5.74, 6) is 1.12. The van der Waals surface area contributed by atoms with Gasteiger partial charge in [0.15, 0.2) is 0 Å². The minimum absolute atomic E-state index is 0.0207. The third kappa shape index (κ3) is 6.37. The van der Waals surface area contributed by atoms with Crippen molar-refractivity contribution in [3.63, 3.8) is 0 Å². The molecule has 140 valence electrons. The Morgan fingerprint density at radius 1 is 1.12 bits per heavy atom. The number of carbonyl (C=O) groups is 1. The second-order valence-electron chi connectivity index (χ2n) is 8.13. The molecule has 3 nitrogen and oxygen atoms in total. The Morgan fingerprint density at radius 3 is 2.56 bits per heavy atom. The molecule has 25 heavy (non-hydrogen) atoms. The van der Waals surface area contributed by atoms with Gasteiger partial charge >= 0.3 is 5.97 Å². The number of carbonyl (C=O) groups excluding carboxylic acids is 1. The van der Waals surface area contributed by atoms with Crippen LogP contribution in [0.3, 0.4) is 0 Å². The molecular formula is C22H34O3. The summed E-state index contributed by atoms with van der Waals surface area (Å²) in [4.78, 5) is 12.2. The van der Waals surface area contributed by atoms with Gasteiger partial charge < -0.3 is 9.47 Å². The molecule has 0 aliphatic heterocycles. The van der Waals surface area contributed by atoms with Crippen molar-refractivity contribution in [3.8, 4) is 5.75 Å². The number of unbranched alkanes of at least 4 members (excludes halogenated alkanes) is 2. The first kappa shape index (κ1) is 19.8. The van der Waals surface area contributed by atoms with Gasteiger partial charge in [-0.25, -0.2) is 0 Å². The fourth-order valence-electron chi connectivity index (χ4n) is 3.55. The first-order valence-electron chi connectivity index (χ1n) is 9.88. The molecule has 1 aliphatic rings. The molecule has 1 fully saturated rings. The first-order valence-corrected chi connectivity index (χ1v) is 9.88. The molecule has 0 saturated heterocycles. The van der Waals surface area contributed by atoms with Crippen LogP contribution in [0.2, 0.25) is 0 Å². The summed E-state index contributed by atoms with van der Waals surface area (Å²) in [7, 11) is 0. The van der Waals surface area contributed by atoms with Gasteiger partial charge in [-0.1, -0.05) is 44.4 Å². The van der Waals surface area contributed by atoms with Crippen LogP contribution in [0.15, 0.2) is 24.3 Å². The molecule has 3 heteroatoms. The minimum atomic E-state index is -0.239. The molecule has 0 bridgehead atoms. The predicted molar refractivity (Wildman–Crippen MR) is 102 cm³/mol. The summed E-state index contributed by atoms with van der Waals surface area (Å²) >= 11 is 0. The van der Waals surface area contributed by atoms with Crippen LogP contribution < -0.4 is 4.74 Å². The van der Waals surface area contributed by atoms with Crippen molar-refractivity contribution in [1.82, 2.24) is 0 Å². The van der Waals surface area contributed by atoms with Crippen molar-refractivity contribution in [3.05, 3.63) is 29.8 Å². The van der Waals surface area contributed by atoms with E-state index in [1.807, 2.05) is 12.1 Å². The lowest BCUT2D eigenvalue weighted by Gasteiger charge is -2.33. The number of hydrogen-bond donors (Lipinski definition) is 0. The van der Waals surface area contributed by atoms with Crippen molar-refractivity contribution in [2.75, 3.05) is 0 Å². The summed E-state index contributed by atoms with van der Waals surface area (Å²) in [6, 6.07) is 8.24. The molecule has 0 aromatic heterocycles. The van der Waals surface area contributed by atoms with Crippen LogP contribution >= 0.6 is 0 Å². The molecule has 2 atom stereocenters. The van der Waals surface area contributed by atoms with Crippen molar-refractivity contribution in [2.24, 2.45) is 0 Å². The number of esters is 1. The van der Waals surface area contributed by atoms with Gasteiger partial charge in [-0.3, -0.25) is 4.79 Å². The van der Waals surface area contributed by atoms with Crippen LogP contribution in [0.5, 0.6) is 5.75 Å². The zero-order valence-corrected chi connectivity index (χ0v) is 16.3. The highest BCUT2D eigenvalue weighted by molar-refractivity contribution is 5.69. The number of benzene rings is 1. The second kappa shape index (κ2) is 9.26. The SMILES string of the molecule is CCCCCC(=O)O[C@@H]1CCCC[C@H]1c1ccccc1OC(C)(C)C. The van der Waals surface area contributed by atoms with Crippen LogP contribution in [-0.2, 0) is 9.53 Å². The van der Waals surface area contributed by atoms with Crippen LogP contribution in [0.1, 0.15) is 90.5 Å². The first-order chi connectivity index (χ1) is 11.9. The van der Waals surface area contributed by atoms with E-state index in [4.69, 9.17) is 9.47 Å². The monoisotopic (exact) mass is 346 g/mol. The Labute approximate surface area is 153 Å². The summed E-state index contributed by atoms with van der Waals surface area (Å²) < 4.78 is 12.1. The van der Waals surface area contributed by atoms with Gasteiger partial charge in [0, 0.05) is 17.9 Å². The summed E-state index contributed by atoms with van der Waals surface area (Å²) in [5, 5.41) is 0. The van der Waals surface area contributed by atoms with Gasteiger partial charge in [-0.2, -0.15) is 0 Å². The van der Waals surface area contributed by atoms with E-state index in [-0.39, 0.29) is 23.6 Å². The maximum absolute atomic E-state index is 12.2. The Hall–Kier alpha value is -1.51. The number of rotatable bonds is 7. The Bertz CT molecular complexity index is 544. The maximum Gasteiger partial charge on any atom is 0.306 e. The van der Waals surface area contributed by atoms with E-state index < -0.39 is 0 Å². The lowest BCUT2D eigenvalue weighted by Crippen LogP contribution is -2.30. The zero-order chi connectivity index (χ0) is 18.3. The van der Waals surface area contributed by atoms with E-state index in [0.717, 1.165) is 44.3 Å². The molecule has 0 N–H and O–H groups in total. The molecule has 1 aliphatic carbocycles. The van der Waals surface area contributed by atoms with E-state index in [9.17, 15) is 4.79 Å². The number of ether oxygens (including phenoxy) is 2. The molecule has 1 saturated carbocycles. The van der Waals surface area contributed by atoms with Crippen LogP contribution in [0, 0.1) is 0 Å². The highest BCUT2D eigenvalue weighted by Crippen LogP contribution is 2.40. The lowest BCUT2D eigenvalue weighted by atomic mass is 9.81. The Morgan fingerprint density at radius 2 is 1.84 bits per heavy atom. The fraction of sp³-hybridized carbons (Fsp3) is 0.682. The smallest absolute Gasteiger partial charge is 0.306 e. The van der Waals surface area contributed by atoms with Gasteiger partial charge in [0.05, 0.1) is 0 Å². The molecule has 0 spiro atoms. The van der Waals surface area contributed by atoms with Gasteiger partial charge in [-0.05, 0) is 52.5 Å². The highest BCUT2D eigenvalue weighted by Gasteiger charge is 2.32. The van der Waals surface area contributed by atoms with E-state index in [2.05, 4.69) is 39.8 Å². The summed E-state index contributed by atoms with van der Waals surface area (Å²) in [5.41, 5.74) is 0.945. The minimum Gasteiger partial charge on any atom is -0.488 e. The van der Waals surface area contributed by atoms with E-state index in [0.29, 0.717) is 6.42 Å². The normalized spacial score (nSPS) is 21.0. The molecule has 2 rings (SSSR count). The third-order valence-corrected chi connectivity index (χ3v) is 4.70.